The molecule has 0 atom stereocenters. The minimum atomic E-state index is -0.867. The SMILES string of the molecule is CCc1nnc(NC(=O)CN2C(=O)c3cccc([N+](=O)[O-])c3C2=O)s1. The summed E-state index contributed by atoms with van der Waals surface area (Å²) >= 11 is 1.18. The molecule has 0 unspecified atom stereocenters. The topological polar surface area (TPSA) is 135 Å². The van der Waals surface area contributed by atoms with Crippen molar-refractivity contribution in [2.45, 2.75) is 13.3 Å². The lowest BCUT2D eigenvalue weighted by Crippen LogP contribution is -2.37. The number of nitro groups is 1. The van der Waals surface area contributed by atoms with Gasteiger partial charge in [-0.25, -0.2) is 0 Å². The number of carbonyl (C=O) groups excluding carboxylic acids is 3. The number of anilines is 1. The number of aromatic nitrogens is 2. The Balaban J connectivity index is 1.79. The first-order valence-electron chi connectivity index (χ1n) is 7.18. The van der Waals surface area contributed by atoms with Crippen LogP contribution < -0.4 is 5.32 Å². The van der Waals surface area contributed by atoms with Crippen molar-refractivity contribution in [1.82, 2.24) is 15.1 Å². The smallest absolute Gasteiger partial charge is 0.282 e. The number of amides is 3. The highest BCUT2D eigenvalue weighted by atomic mass is 32.1. The standard InChI is InChI=1S/C14H11N5O5S/c1-2-10-16-17-14(25-10)15-9(20)6-18-12(21)7-4-3-5-8(19(23)24)11(7)13(18)22/h3-5H,2,6H2,1H3,(H,15,17,20). The van der Waals surface area contributed by atoms with Gasteiger partial charge in [0, 0.05) is 6.07 Å². The maximum absolute atomic E-state index is 12.4. The second kappa shape index (κ2) is 6.36. The first kappa shape index (κ1) is 16.6. The first-order chi connectivity index (χ1) is 11.9. The van der Waals surface area contributed by atoms with E-state index in [0.717, 1.165) is 11.1 Å². The van der Waals surface area contributed by atoms with Crippen LogP contribution in [0.3, 0.4) is 0 Å². The largest absolute Gasteiger partial charge is 0.299 e. The summed E-state index contributed by atoms with van der Waals surface area (Å²) in [6.07, 6.45) is 0.662. The van der Waals surface area contributed by atoms with Gasteiger partial charge in [-0.15, -0.1) is 10.2 Å². The molecule has 1 aliphatic rings. The van der Waals surface area contributed by atoms with Gasteiger partial charge in [-0.05, 0) is 12.5 Å². The predicted molar refractivity (Wildman–Crippen MR) is 86.4 cm³/mol. The van der Waals surface area contributed by atoms with Crippen LogP contribution in [-0.4, -0.2) is 44.3 Å². The summed E-state index contributed by atoms with van der Waals surface area (Å²) in [6, 6.07) is 3.78. The number of rotatable bonds is 5. The normalized spacial score (nSPS) is 13.1. The van der Waals surface area contributed by atoms with Gasteiger partial charge in [0.2, 0.25) is 11.0 Å². The van der Waals surface area contributed by atoms with E-state index in [0.29, 0.717) is 11.3 Å². The molecule has 1 aromatic heterocycles. The Morgan fingerprint density at radius 3 is 2.72 bits per heavy atom. The molecule has 2 aromatic rings. The average Bonchev–Trinajstić information content (AvgIpc) is 3.13. The van der Waals surface area contributed by atoms with Gasteiger partial charge in [0.15, 0.2) is 0 Å². The van der Waals surface area contributed by atoms with E-state index in [-0.39, 0.29) is 16.3 Å². The zero-order valence-electron chi connectivity index (χ0n) is 12.9. The molecule has 1 aromatic carbocycles. The van der Waals surface area contributed by atoms with E-state index < -0.39 is 34.9 Å². The molecule has 0 radical (unpaired) electrons. The third-order valence-corrected chi connectivity index (χ3v) is 4.47. The lowest BCUT2D eigenvalue weighted by Gasteiger charge is -2.12. The average molecular weight is 361 g/mol. The van der Waals surface area contributed by atoms with Gasteiger partial charge in [-0.1, -0.05) is 24.3 Å². The Kier molecular flexibility index (Phi) is 4.23. The van der Waals surface area contributed by atoms with E-state index in [1.807, 2.05) is 6.92 Å². The fourth-order valence-corrected chi connectivity index (χ4v) is 3.06. The van der Waals surface area contributed by atoms with E-state index in [4.69, 9.17) is 0 Å². The molecule has 1 N–H and O–H groups in total. The number of hydrogen-bond acceptors (Lipinski definition) is 8. The summed E-state index contributed by atoms with van der Waals surface area (Å²) in [5, 5.41) is 22.1. The Morgan fingerprint density at radius 1 is 1.32 bits per heavy atom. The number of hydrogen-bond donors (Lipinski definition) is 1. The number of nitrogens with one attached hydrogen (secondary N) is 1. The fraction of sp³-hybridized carbons (Fsp3) is 0.214. The molecule has 3 rings (SSSR count). The van der Waals surface area contributed by atoms with E-state index >= 15 is 0 Å². The highest BCUT2D eigenvalue weighted by Crippen LogP contribution is 2.30. The van der Waals surface area contributed by atoms with Crippen molar-refractivity contribution < 1.29 is 19.3 Å². The molecule has 0 aliphatic carbocycles. The quantitative estimate of drug-likeness (QED) is 0.481. The maximum atomic E-state index is 12.4. The number of fused-ring (bicyclic) bond motifs is 1. The Morgan fingerprint density at radius 2 is 2.08 bits per heavy atom. The Bertz CT molecular complexity index is 909. The van der Waals surface area contributed by atoms with Crippen molar-refractivity contribution in [2.75, 3.05) is 11.9 Å². The van der Waals surface area contributed by atoms with Crippen molar-refractivity contribution in [3.63, 3.8) is 0 Å². The predicted octanol–water partition coefficient (Wildman–Crippen LogP) is 1.24. The molecular formula is C14H11N5O5S. The number of aryl methyl sites for hydroxylation is 1. The summed E-state index contributed by atoms with van der Waals surface area (Å²) in [4.78, 5) is 47.7. The zero-order valence-corrected chi connectivity index (χ0v) is 13.7. The van der Waals surface area contributed by atoms with Crippen LogP contribution in [0.4, 0.5) is 10.8 Å². The Hall–Kier alpha value is -3.21. The van der Waals surface area contributed by atoms with E-state index in [1.165, 1.54) is 23.5 Å². The van der Waals surface area contributed by atoms with Gasteiger partial charge in [0.05, 0.1) is 10.5 Å². The lowest BCUT2D eigenvalue weighted by atomic mass is 10.1. The van der Waals surface area contributed by atoms with Crippen LogP contribution in [0.25, 0.3) is 0 Å². The maximum Gasteiger partial charge on any atom is 0.282 e. The third kappa shape index (κ3) is 2.96. The van der Waals surface area contributed by atoms with Crippen molar-refractivity contribution in [1.29, 1.82) is 0 Å². The van der Waals surface area contributed by atoms with Crippen molar-refractivity contribution in [3.05, 3.63) is 44.4 Å². The molecule has 0 bridgehead atoms. The summed E-state index contributed by atoms with van der Waals surface area (Å²) in [5.41, 5.74) is -0.846. The van der Waals surface area contributed by atoms with Crippen LogP contribution >= 0.6 is 11.3 Å². The van der Waals surface area contributed by atoms with Gasteiger partial charge in [0.25, 0.3) is 17.5 Å². The van der Waals surface area contributed by atoms with E-state index in [9.17, 15) is 24.5 Å². The monoisotopic (exact) mass is 361 g/mol. The summed E-state index contributed by atoms with van der Waals surface area (Å²) in [7, 11) is 0. The number of carbonyl (C=O) groups is 3. The van der Waals surface area contributed by atoms with Crippen molar-refractivity contribution >= 4 is 39.9 Å². The second-order valence-corrected chi connectivity index (χ2v) is 6.12. The molecule has 0 spiro atoms. The Labute approximate surface area is 144 Å². The van der Waals surface area contributed by atoms with Crippen LogP contribution in [-0.2, 0) is 11.2 Å². The number of nitrogens with zero attached hydrogens (tertiary/aromatic N) is 4. The molecular weight excluding hydrogens is 350 g/mol. The highest BCUT2D eigenvalue weighted by Gasteiger charge is 2.41. The number of imide groups is 1. The van der Waals surface area contributed by atoms with Gasteiger partial charge < -0.3 is 0 Å². The van der Waals surface area contributed by atoms with E-state index in [1.54, 1.807) is 0 Å². The third-order valence-electron chi connectivity index (χ3n) is 3.49. The lowest BCUT2D eigenvalue weighted by molar-refractivity contribution is -0.385. The van der Waals surface area contributed by atoms with Crippen LogP contribution in [0.15, 0.2) is 18.2 Å². The number of benzene rings is 1. The molecule has 10 nitrogen and oxygen atoms in total. The molecule has 25 heavy (non-hydrogen) atoms. The molecule has 0 fully saturated rings. The van der Waals surface area contributed by atoms with Gasteiger partial charge >= 0.3 is 0 Å². The van der Waals surface area contributed by atoms with Crippen molar-refractivity contribution in [2.24, 2.45) is 0 Å². The second-order valence-electron chi connectivity index (χ2n) is 5.06. The molecule has 0 saturated carbocycles. The summed E-state index contributed by atoms with van der Waals surface area (Å²) in [5.74, 6) is -2.25. The molecule has 1 aliphatic heterocycles. The van der Waals surface area contributed by atoms with E-state index in [2.05, 4.69) is 15.5 Å². The minimum Gasteiger partial charge on any atom is -0.299 e. The molecule has 3 amide bonds. The fourth-order valence-electron chi connectivity index (χ4n) is 2.36. The molecule has 0 saturated heterocycles. The molecule has 11 heteroatoms. The molecule has 128 valence electrons. The number of nitro benzene ring substituents is 1. The molecule has 2 heterocycles. The first-order valence-corrected chi connectivity index (χ1v) is 7.99. The highest BCUT2D eigenvalue weighted by molar-refractivity contribution is 7.15. The summed E-state index contributed by atoms with van der Waals surface area (Å²) in [6.45, 7) is 1.32. The van der Waals surface area contributed by atoms with Crippen LogP contribution in [0.5, 0.6) is 0 Å². The van der Waals surface area contributed by atoms with Crippen LogP contribution in [0.2, 0.25) is 0 Å². The summed E-state index contributed by atoms with van der Waals surface area (Å²) < 4.78 is 0. The van der Waals surface area contributed by atoms with Crippen LogP contribution in [0.1, 0.15) is 32.6 Å². The zero-order chi connectivity index (χ0) is 18.1. The van der Waals surface area contributed by atoms with Gasteiger partial charge in [0.1, 0.15) is 17.1 Å². The van der Waals surface area contributed by atoms with Gasteiger partial charge in [-0.2, -0.15) is 0 Å². The van der Waals surface area contributed by atoms with Crippen molar-refractivity contribution in [3.8, 4) is 0 Å². The minimum absolute atomic E-state index is 0.0869. The van der Waals surface area contributed by atoms with Crippen LogP contribution in [0, 0.1) is 10.1 Å². The van der Waals surface area contributed by atoms with Gasteiger partial charge in [-0.3, -0.25) is 34.7 Å².